The molecule has 1 atom stereocenters. The zero-order valence-corrected chi connectivity index (χ0v) is 18.4. The molecular formula is C21H28ClN5OS. The molecular weight excluding hydrogens is 406 g/mol. The number of urea groups is 1. The van der Waals surface area contributed by atoms with E-state index in [1.807, 2.05) is 30.0 Å². The molecule has 1 aromatic carbocycles. The molecule has 1 N–H and O–H groups in total. The zero-order chi connectivity index (χ0) is 20.2. The summed E-state index contributed by atoms with van der Waals surface area (Å²) in [5.41, 5.74) is 2.19. The predicted octanol–water partition coefficient (Wildman–Crippen LogP) is 3.60. The van der Waals surface area contributed by atoms with E-state index in [4.69, 9.17) is 11.6 Å². The summed E-state index contributed by atoms with van der Waals surface area (Å²) in [6, 6.07) is 8.14. The third-order valence-electron chi connectivity index (χ3n) is 5.65. The zero-order valence-electron chi connectivity index (χ0n) is 16.8. The monoisotopic (exact) mass is 433 g/mol. The quantitative estimate of drug-likeness (QED) is 0.800. The lowest BCUT2D eigenvalue weighted by molar-refractivity contribution is 0.132. The molecule has 1 aromatic heterocycles. The van der Waals surface area contributed by atoms with Crippen LogP contribution >= 0.6 is 22.9 Å². The van der Waals surface area contributed by atoms with E-state index in [0.29, 0.717) is 0 Å². The number of thiazole rings is 1. The molecule has 0 radical (unpaired) electrons. The van der Waals surface area contributed by atoms with Gasteiger partial charge in [-0.1, -0.05) is 23.7 Å². The normalized spacial score (nSPS) is 20.7. The van der Waals surface area contributed by atoms with Crippen LogP contribution in [0.4, 0.5) is 10.5 Å². The average molecular weight is 434 g/mol. The highest BCUT2D eigenvalue weighted by Crippen LogP contribution is 2.27. The summed E-state index contributed by atoms with van der Waals surface area (Å²) in [5, 5.41) is 7.25. The molecule has 4 rings (SSSR count). The molecule has 0 bridgehead atoms. The van der Waals surface area contributed by atoms with E-state index < -0.39 is 0 Å². The first-order valence-corrected chi connectivity index (χ1v) is 11.5. The van der Waals surface area contributed by atoms with E-state index in [9.17, 15) is 4.79 Å². The molecule has 0 aliphatic carbocycles. The minimum absolute atomic E-state index is 0.0557. The number of rotatable bonds is 4. The number of piperazine rings is 1. The van der Waals surface area contributed by atoms with Crippen LogP contribution in [0.25, 0.3) is 0 Å². The summed E-state index contributed by atoms with van der Waals surface area (Å²) < 4.78 is 0. The molecule has 2 aliphatic rings. The van der Waals surface area contributed by atoms with Crippen LogP contribution in [0.3, 0.4) is 0 Å². The second-order valence-electron chi connectivity index (χ2n) is 7.81. The second kappa shape index (κ2) is 9.32. The van der Waals surface area contributed by atoms with Crippen molar-refractivity contribution in [3.05, 3.63) is 45.4 Å². The van der Waals surface area contributed by atoms with Crippen LogP contribution in [0.15, 0.2) is 29.6 Å². The van der Waals surface area contributed by atoms with Gasteiger partial charge in [0.2, 0.25) is 0 Å². The summed E-state index contributed by atoms with van der Waals surface area (Å²) in [6.45, 7) is 7.99. The van der Waals surface area contributed by atoms with Crippen LogP contribution in [0, 0.1) is 6.92 Å². The molecule has 3 heterocycles. The molecule has 6 nitrogen and oxygen atoms in total. The van der Waals surface area contributed by atoms with Crippen molar-refractivity contribution in [1.29, 1.82) is 0 Å². The van der Waals surface area contributed by atoms with Crippen LogP contribution in [-0.2, 0) is 6.54 Å². The summed E-state index contributed by atoms with van der Waals surface area (Å²) in [6.07, 6.45) is 2.06. The van der Waals surface area contributed by atoms with Gasteiger partial charge in [0.25, 0.3) is 0 Å². The predicted molar refractivity (Wildman–Crippen MR) is 119 cm³/mol. The summed E-state index contributed by atoms with van der Waals surface area (Å²) in [7, 11) is 0. The highest BCUT2D eigenvalue weighted by Gasteiger charge is 2.26. The van der Waals surface area contributed by atoms with E-state index in [1.165, 1.54) is 0 Å². The number of nitrogens with zero attached hydrogens (tertiary/aromatic N) is 4. The minimum atomic E-state index is 0.0557. The SMILES string of the molecule is Cc1nc(CN2CCN(C(=O)NC3CCCN(c4ccccc4Cl)C3)CC2)cs1. The van der Waals surface area contributed by atoms with Gasteiger partial charge in [-0.25, -0.2) is 9.78 Å². The van der Waals surface area contributed by atoms with Crippen molar-refractivity contribution < 1.29 is 4.79 Å². The fourth-order valence-electron chi connectivity index (χ4n) is 4.11. The first-order valence-electron chi connectivity index (χ1n) is 10.3. The van der Waals surface area contributed by atoms with Crippen molar-refractivity contribution in [3.63, 3.8) is 0 Å². The topological polar surface area (TPSA) is 51.7 Å². The largest absolute Gasteiger partial charge is 0.368 e. The molecule has 0 spiro atoms. The average Bonchev–Trinajstić information content (AvgIpc) is 3.13. The highest BCUT2D eigenvalue weighted by atomic mass is 35.5. The minimum Gasteiger partial charge on any atom is -0.368 e. The van der Waals surface area contributed by atoms with Gasteiger partial charge in [-0.15, -0.1) is 11.3 Å². The number of piperidine rings is 1. The molecule has 156 valence electrons. The maximum atomic E-state index is 12.8. The Morgan fingerprint density at radius 3 is 2.76 bits per heavy atom. The number of para-hydroxylation sites is 1. The Balaban J connectivity index is 1.26. The van der Waals surface area contributed by atoms with Crippen molar-refractivity contribution in [1.82, 2.24) is 20.1 Å². The van der Waals surface area contributed by atoms with Gasteiger partial charge in [0.1, 0.15) is 0 Å². The van der Waals surface area contributed by atoms with Crippen LogP contribution in [-0.4, -0.2) is 66.1 Å². The summed E-state index contributed by atoms with van der Waals surface area (Å²) in [5.74, 6) is 0. The first kappa shape index (κ1) is 20.4. The number of nitrogens with one attached hydrogen (secondary N) is 1. The molecule has 1 unspecified atom stereocenters. The Morgan fingerprint density at radius 1 is 1.24 bits per heavy atom. The van der Waals surface area contributed by atoms with Crippen molar-refractivity contribution in [2.75, 3.05) is 44.2 Å². The number of amides is 2. The number of anilines is 1. The fraction of sp³-hybridized carbons (Fsp3) is 0.524. The number of carbonyl (C=O) groups is 1. The Hall–Kier alpha value is -1.83. The number of aromatic nitrogens is 1. The lowest BCUT2D eigenvalue weighted by atomic mass is 10.0. The fourth-order valence-corrected chi connectivity index (χ4v) is 4.97. The van der Waals surface area contributed by atoms with E-state index in [0.717, 1.165) is 80.1 Å². The first-order chi connectivity index (χ1) is 14.1. The van der Waals surface area contributed by atoms with Gasteiger partial charge in [-0.05, 0) is 31.9 Å². The number of hydrogen-bond donors (Lipinski definition) is 1. The number of carbonyl (C=O) groups excluding carboxylic acids is 1. The third kappa shape index (κ3) is 5.21. The van der Waals surface area contributed by atoms with Gasteiger partial charge in [0, 0.05) is 57.2 Å². The second-order valence-corrected chi connectivity index (χ2v) is 9.28. The van der Waals surface area contributed by atoms with Crippen LogP contribution in [0.5, 0.6) is 0 Å². The molecule has 2 fully saturated rings. The van der Waals surface area contributed by atoms with Crippen molar-refractivity contribution in [2.45, 2.75) is 32.4 Å². The van der Waals surface area contributed by atoms with Gasteiger partial charge in [0.05, 0.1) is 21.4 Å². The van der Waals surface area contributed by atoms with Crippen molar-refractivity contribution in [3.8, 4) is 0 Å². The van der Waals surface area contributed by atoms with Crippen molar-refractivity contribution >= 4 is 34.7 Å². The Bertz CT molecular complexity index is 836. The molecule has 2 amide bonds. The molecule has 29 heavy (non-hydrogen) atoms. The Labute approximate surface area is 181 Å². The standard InChI is InChI=1S/C21H28ClN5OS/c1-16-23-18(15-29-16)13-25-9-11-26(12-10-25)21(28)24-17-5-4-8-27(14-17)20-7-3-2-6-19(20)22/h2-3,6-7,15,17H,4-5,8-14H2,1H3,(H,24,28). The van der Waals surface area contributed by atoms with E-state index in [-0.39, 0.29) is 12.1 Å². The molecule has 2 saturated heterocycles. The number of hydrogen-bond acceptors (Lipinski definition) is 5. The van der Waals surface area contributed by atoms with Crippen LogP contribution in [0.1, 0.15) is 23.5 Å². The Morgan fingerprint density at radius 2 is 2.03 bits per heavy atom. The third-order valence-corrected chi connectivity index (χ3v) is 6.80. The van der Waals surface area contributed by atoms with Crippen LogP contribution < -0.4 is 10.2 Å². The Kier molecular flexibility index (Phi) is 6.57. The molecule has 8 heteroatoms. The number of benzene rings is 1. The molecule has 2 aliphatic heterocycles. The van der Waals surface area contributed by atoms with Gasteiger partial charge in [0.15, 0.2) is 0 Å². The lowest BCUT2D eigenvalue weighted by Gasteiger charge is -2.38. The van der Waals surface area contributed by atoms with E-state index >= 15 is 0 Å². The summed E-state index contributed by atoms with van der Waals surface area (Å²) in [4.78, 5) is 23.9. The lowest BCUT2D eigenvalue weighted by Crippen LogP contribution is -2.55. The van der Waals surface area contributed by atoms with E-state index in [2.05, 4.69) is 31.5 Å². The van der Waals surface area contributed by atoms with Gasteiger partial charge < -0.3 is 15.1 Å². The highest BCUT2D eigenvalue weighted by molar-refractivity contribution is 7.09. The van der Waals surface area contributed by atoms with E-state index in [1.54, 1.807) is 11.3 Å². The van der Waals surface area contributed by atoms with Gasteiger partial charge in [-0.3, -0.25) is 4.90 Å². The summed E-state index contributed by atoms with van der Waals surface area (Å²) >= 11 is 8.05. The van der Waals surface area contributed by atoms with Gasteiger partial charge >= 0.3 is 6.03 Å². The number of aryl methyl sites for hydroxylation is 1. The van der Waals surface area contributed by atoms with Crippen molar-refractivity contribution in [2.24, 2.45) is 0 Å². The number of halogens is 1. The molecule has 2 aromatic rings. The van der Waals surface area contributed by atoms with Crippen LogP contribution in [0.2, 0.25) is 5.02 Å². The van der Waals surface area contributed by atoms with Gasteiger partial charge in [-0.2, -0.15) is 0 Å². The molecule has 0 saturated carbocycles. The smallest absolute Gasteiger partial charge is 0.317 e. The maximum absolute atomic E-state index is 12.8. The maximum Gasteiger partial charge on any atom is 0.317 e.